The first-order chi connectivity index (χ1) is 13.2. The molecular formula is C20H23FN6. The number of hydrogen-bond acceptors (Lipinski definition) is 5. The highest BCUT2D eigenvalue weighted by molar-refractivity contribution is 5.68. The van der Waals surface area contributed by atoms with Crippen molar-refractivity contribution in [3.05, 3.63) is 60.2 Å². The maximum absolute atomic E-state index is 13.5. The lowest BCUT2D eigenvalue weighted by Crippen LogP contribution is -2.43. The van der Waals surface area contributed by atoms with E-state index >= 15 is 0 Å². The van der Waals surface area contributed by atoms with Crippen LogP contribution in [0.1, 0.15) is 31.6 Å². The van der Waals surface area contributed by atoms with Crippen molar-refractivity contribution in [2.45, 2.75) is 31.8 Å². The summed E-state index contributed by atoms with van der Waals surface area (Å²) in [5.41, 5.74) is 3.13. The zero-order valence-corrected chi connectivity index (χ0v) is 15.3. The average Bonchev–Trinajstić information content (AvgIpc) is 3.24. The number of hydrogen-bond donors (Lipinski definition) is 2. The van der Waals surface area contributed by atoms with E-state index < -0.39 is 0 Å². The van der Waals surface area contributed by atoms with E-state index in [1.54, 1.807) is 12.1 Å². The van der Waals surface area contributed by atoms with E-state index in [0.717, 1.165) is 37.1 Å². The molecule has 1 aliphatic heterocycles. The van der Waals surface area contributed by atoms with Crippen molar-refractivity contribution in [2.24, 2.45) is 0 Å². The van der Waals surface area contributed by atoms with Crippen molar-refractivity contribution in [1.29, 1.82) is 0 Å². The molecule has 140 valence electrons. The molecule has 3 aromatic rings. The number of piperidine rings is 1. The molecule has 4 rings (SSSR count). The second-order valence-corrected chi connectivity index (χ2v) is 6.98. The number of benzene rings is 2. The van der Waals surface area contributed by atoms with Crippen molar-refractivity contribution in [3.8, 4) is 11.1 Å². The number of rotatable bonds is 5. The van der Waals surface area contributed by atoms with E-state index in [0.29, 0.717) is 11.9 Å². The van der Waals surface area contributed by atoms with E-state index in [-0.39, 0.29) is 11.9 Å². The Bertz CT molecular complexity index is 874. The van der Waals surface area contributed by atoms with Crippen molar-refractivity contribution >= 4 is 5.69 Å². The third-order valence-electron chi connectivity index (χ3n) is 5.10. The van der Waals surface area contributed by atoms with E-state index in [1.807, 2.05) is 18.2 Å². The Morgan fingerprint density at radius 2 is 1.85 bits per heavy atom. The van der Waals surface area contributed by atoms with Gasteiger partial charge in [0.05, 0.1) is 6.04 Å². The summed E-state index contributed by atoms with van der Waals surface area (Å²) in [6.45, 7) is 4.01. The van der Waals surface area contributed by atoms with Gasteiger partial charge in [-0.1, -0.05) is 29.5 Å². The highest BCUT2D eigenvalue weighted by Gasteiger charge is 2.22. The zero-order chi connectivity index (χ0) is 18.6. The van der Waals surface area contributed by atoms with Crippen LogP contribution in [0.4, 0.5) is 10.1 Å². The molecule has 2 aromatic carbocycles. The first kappa shape index (κ1) is 17.6. The molecular weight excluding hydrogens is 343 g/mol. The predicted octanol–water partition coefficient (Wildman–Crippen LogP) is 3.33. The van der Waals surface area contributed by atoms with Gasteiger partial charge in [0.25, 0.3) is 0 Å². The molecule has 2 N–H and O–H groups in total. The van der Waals surface area contributed by atoms with Gasteiger partial charge in [0, 0.05) is 24.8 Å². The monoisotopic (exact) mass is 366 g/mol. The molecule has 7 heteroatoms. The van der Waals surface area contributed by atoms with Crippen LogP contribution in [0.5, 0.6) is 0 Å². The molecule has 2 heterocycles. The number of H-pyrrole nitrogens is 1. The largest absolute Gasteiger partial charge is 0.371 e. The number of aromatic nitrogens is 4. The van der Waals surface area contributed by atoms with Crippen LogP contribution in [0.15, 0.2) is 48.5 Å². The fraction of sp³-hybridized carbons (Fsp3) is 0.350. The Labute approximate surface area is 157 Å². The number of tetrazole rings is 1. The number of nitrogens with zero attached hydrogens (tertiary/aromatic N) is 4. The highest BCUT2D eigenvalue weighted by Crippen LogP contribution is 2.27. The van der Waals surface area contributed by atoms with E-state index in [1.165, 1.54) is 11.8 Å². The number of halogens is 1. The number of aromatic amines is 1. The Kier molecular flexibility index (Phi) is 5.11. The first-order valence-electron chi connectivity index (χ1n) is 9.29. The van der Waals surface area contributed by atoms with Gasteiger partial charge < -0.3 is 10.2 Å². The van der Waals surface area contributed by atoms with Crippen molar-refractivity contribution in [2.75, 3.05) is 18.0 Å². The Hall–Kier alpha value is -2.80. The number of nitrogens with one attached hydrogen (secondary N) is 2. The fourth-order valence-corrected chi connectivity index (χ4v) is 3.64. The summed E-state index contributed by atoms with van der Waals surface area (Å²) in [6.07, 6.45) is 2.10. The van der Waals surface area contributed by atoms with Gasteiger partial charge in [-0.05, 0) is 55.2 Å². The van der Waals surface area contributed by atoms with E-state index in [4.69, 9.17) is 0 Å². The lowest BCUT2D eigenvalue weighted by Gasteiger charge is -2.35. The average molecular weight is 366 g/mol. The van der Waals surface area contributed by atoms with Gasteiger partial charge in [0.2, 0.25) is 0 Å². The third-order valence-corrected chi connectivity index (χ3v) is 5.10. The van der Waals surface area contributed by atoms with Crippen LogP contribution in [0.3, 0.4) is 0 Å². The Morgan fingerprint density at radius 3 is 2.56 bits per heavy atom. The van der Waals surface area contributed by atoms with Gasteiger partial charge in [0.15, 0.2) is 5.82 Å². The Morgan fingerprint density at radius 1 is 1.11 bits per heavy atom. The minimum Gasteiger partial charge on any atom is -0.371 e. The second-order valence-electron chi connectivity index (χ2n) is 6.98. The normalized spacial score (nSPS) is 16.4. The second kappa shape index (κ2) is 7.84. The van der Waals surface area contributed by atoms with Gasteiger partial charge in [-0.2, -0.15) is 5.21 Å². The predicted molar refractivity (Wildman–Crippen MR) is 103 cm³/mol. The van der Waals surface area contributed by atoms with Gasteiger partial charge in [-0.15, -0.1) is 10.2 Å². The van der Waals surface area contributed by atoms with Crippen LogP contribution in [-0.4, -0.2) is 39.8 Å². The SMILES string of the molecule is CC(NC1CCN(c2cccc(-c3cccc(F)c3)c2)CC1)c1nn[nH]n1. The quantitative estimate of drug-likeness (QED) is 0.725. The summed E-state index contributed by atoms with van der Waals surface area (Å²) < 4.78 is 13.5. The molecule has 6 nitrogen and oxygen atoms in total. The third kappa shape index (κ3) is 4.14. The fourth-order valence-electron chi connectivity index (χ4n) is 3.64. The summed E-state index contributed by atoms with van der Waals surface area (Å²) >= 11 is 0. The standard InChI is InChI=1S/C20H23FN6/c1-14(20-23-25-26-24-20)22-18-8-10-27(11-9-18)19-7-3-5-16(13-19)15-4-2-6-17(21)12-15/h2-7,12-14,18,22H,8-11H2,1H3,(H,23,24,25,26). The summed E-state index contributed by atoms with van der Waals surface area (Å²) in [5.74, 6) is 0.487. The molecule has 1 atom stereocenters. The van der Waals surface area contributed by atoms with Crippen LogP contribution < -0.4 is 10.2 Å². The van der Waals surface area contributed by atoms with Gasteiger partial charge in [-0.25, -0.2) is 4.39 Å². The van der Waals surface area contributed by atoms with Crippen molar-refractivity contribution in [1.82, 2.24) is 25.9 Å². The molecule has 0 bridgehead atoms. The minimum atomic E-state index is -0.208. The molecule has 0 amide bonds. The van der Waals surface area contributed by atoms with E-state index in [2.05, 4.69) is 49.9 Å². The molecule has 1 unspecified atom stereocenters. The maximum atomic E-state index is 13.5. The highest BCUT2D eigenvalue weighted by atomic mass is 19.1. The summed E-state index contributed by atoms with van der Waals surface area (Å²) in [5, 5.41) is 17.8. The van der Waals surface area contributed by atoms with Crippen molar-refractivity contribution in [3.63, 3.8) is 0 Å². The summed E-state index contributed by atoms with van der Waals surface area (Å²) in [7, 11) is 0. The first-order valence-corrected chi connectivity index (χ1v) is 9.29. The van der Waals surface area contributed by atoms with Crippen LogP contribution in [0.2, 0.25) is 0 Å². The lowest BCUT2D eigenvalue weighted by atomic mass is 10.0. The van der Waals surface area contributed by atoms with Crippen molar-refractivity contribution < 1.29 is 4.39 Å². The van der Waals surface area contributed by atoms with Crippen LogP contribution in [0.25, 0.3) is 11.1 Å². The molecule has 1 aliphatic rings. The zero-order valence-electron chi connectivity index (χ0n) is 15.3. The van der Waals surface area contributed by atoms with Gasteiger partial charge in [-0.3, -0.25) is 0 Å². The molecule has 0 saturated carbocycles. The number of anilines is 1. The lowest BCUT2D eigenvalue weighted by molar-refractivity contribution is 0.374. The molecule has 0 aliphatic carbocycles. The molecule has 1 fully saturated rings. The maximum Gasteiger partial charge on any atom is 0.191 e. The van der Waals surface area contributed by atoms with Crippen LogP contribution in [-0.2, 0) is 0 Å². The topological polar surface area (TPSA) is 69.7 Å². The molecule has 1 saturated heterocycles. The van der Waals surface area contributed by atoms with Gasteiger partial charge >= 0.3 is 0 Å². The summed E-state index contributed by atoms with van der Waals surface area (Å²) in [4.78, 5) is 2.39. The Balaban J connectivity index is 1.39. The smallest absolute Gasteiger partial charge is 0.191 e. The van der Waals surface area contributed by atoms with Crippen LogP contribution >= 0.6 is 0 Å². The summed E-state index contributed by atoms with van der Waals surface area (Å²) in [6, 6.07) is 15.6. The van der Waals surface area contributed by atoms with Gasteiger partial charge in [0.1, 0.15) is 5.82 Å². The minimum absolute atomic E-state index is 0.0802. The molecule has 0 spiro atoms. The van der Waals surface area contributed by atoms with E-state index in [9.17, 15) is 4.39 Å². The molecule has 27 heavy (non-hydrogen) atoms. The molecule has 1 aromatic heterocycles. The van der Waals surface area contributed by atoms with Crippen LogP contribution in [0, 0.1) is 5.82 Å². The molecule has 0 radical (unpaired) electrons.